The second-order valence-corrected chi connectivity index (χ2v) is 10.1. The minimum Gasteiger partial charge on any atom is -0.451 e. The van der Waals surface area contributed by atoms with Gasteiger partial charge in [0.2, 0.25) is 0 Å². The van der Waals surface area contributed by atoms with E-state index in [4.69, 9.17) is 4.42 Å². The average Bonchev–Trinajstić information content (AvgIpc) is 3.51. The molecular weight excluding hydrogens is 454 g/mol. The SMILES string of the molecule is O=C(NC1CCN(C(=O)c2ccncc2)CC1)c1oc2ccccc2c1CSc1cccs1. The Balaban J connectivity index is 1.26. The monoisotopic (exact) mass is 477 g/mol. The van der Waals surface area contributed by atoms with Gasteiger partial charge in [-0.3, -0.25) is 14.6 Å². The number of amides is 2. The number of rotatable bonds is 6. The predicted molar refractivity (Wildman–Crippen MR) is 131 cm³/mol. The van der Waals surface area contributed by atoms with Crippen LogP contribution in [0.25, 0.3) is 11.0 Å². The number of carbonyl (C=O) groups excluding carboxylic acids is 2. The number of hydrogen-bond acceptors (Lipinski definition) is 6. The quantitative estimate of drug-likeness (QED) is 0.386. The molecule has 1 fully saturated rings. The smallest absolute Gasteiger partial charge is 0.287 e. The molecule has 1 aromatic carbocycles. The Bertz CT molecular complexity index is 1250. The van der Waals surface area contributed by atoms with Crippen molar-refractivity contribution in [2.75, 3.05) is 13.1 Å². The molecule has 5 rings (SSSR count). The number of thiophene rings is 1. The Hall–Kier alpha value is -3.10. The topological polar surface area (TPSA) is 75.4 Å². The van der Waals surface area contributed by atoms with Gasteiger partial charge in [0.05, 0.1) is 4.21 Å². The number of furan rings is 1. The number of hydrogen-bond donors (Lipinski definition) is 1. The van der Waals surface area contributed by atoms with Gasteiger partial charge in [-0.1, -0.05) is 24.3 Å². The van der Waals surface area contributed by atoms with Crippen molar-refractivity contribution < 1.29 is 14.0 Å². The summed E-state index contributed by atoms with van der Waals surface area (Å²) in [5.74, 6) is 0.869. The summed E-state index contributed by atoms with van der Waals surface area (Å²) in [7, 11) is 0. The maximum absolute atomic E-state index is 13.2. The summed E-state index contributed by atoms with van der Waals surface area (Å²) in [6, 6.07) is 15.4. The first-order chi connectivity index (χ1) is 16.2. The lowest BCUT2D eigenvalue weighted by atomic mass is 10.0. The number of para-hydroxylation sites is 1. The number of aromatic nitrogens is 1. The van der Waals surface area contributed by atoms with Crippen LogP contribution in [0.2, 0.25) is 0 Å². The summed E-state index contributed by atoms with van der Waals surface area (Å²) < 4.78 is 7.20. The number of carbonyl (C=O) groups is 2. The molecule has 1 aliphatic heterocycles. The molecule has 0 spiro atoms. The highest BCUT2D eigenvalue weighted by molar-refractivity contribution is 8.00. The van der Waals surface area contributed by atoms with Gasteiger partial charge in [-0.2, -0.15) is 0 Å². The van der Waals surface area contributed by atoms with Crippen molar-refractivity contribution in [2.45, 2.75) is 28.8 Å². The molecule has 33 heavy (non-hydrogen) atoms. The van der Waals surface area contributed by atoms with Crippen molar-refractivity contribution in [3.63, 3.8) is 0 Å². The van der Waals surface area contributed by atoms with Gasteiger partial charge in [-0.25, -0.2) is 0 Å². The van der Waals surface area contributed by atoms with Crippen molar-refractivity contribution in [1.82, 2.24) is 15.2 Å². The molecule has 4 heterocycles. The van der Waals surface area contributed by atoms with E-state index in [0.29, 0.717) is 43.0 Å². The lowest BCUT2D eigenvalue weighted by Gasteiger charge is -2.32. The fraction of sp³-hybridized carbons (Fsp3) is 0.240. The number of nitrogens with zero attached hydrogens (tertiary/aromatic N) is 2. The molecule has 2 amide bonds. The molecule has 8 heteroatoms. The van der Waals surface area contributed by atoms with Gasteiger partial charge in [0, 0.05) is 53.8 Å². The third-order valence-electron chi connectivity index (χ3n) is 5.80. The van der Waals surface area contributed by atoms with Crippen LogP contribution < -0.4 is 5.32 Å². The lowest BCUT2D eigenvalue weighted by molar-refractivity contribution is 0.0695. The molecule has 0 aliphatic carbocycles. The standard InChI is InChI=1S/C25H23N3O3S2/c29-24(27-18-9-13-28(14-10-18)25(30)17-7-11-26-12-8-17)23-20(16-33-22-6-3-15-32-22)19-4-1-2-5-21(19)31-23/h1-8,11-12,15,18H,9-10,13-14,16H2,(H,27,29). The van der Waals surface area contributed by atoms with E-state index >= 15 is 0 Å². The van der Waals surface area contributed by atoms with Crippen LogP contribution in [-0.2, 0) is 5.75 Å². The van der Waals surface area contributed by atoms with Gasteiger partial charge in [-0.15, -0.1) is 23.1 Å². The van der Waals surface area contributed by atoms with E-state index < -0.39 is 0 Å². The highest BCUT2D eigenvalue weighted by Crippen LogP contribution is 2.34. The molecule has 6 nitrogen and oxygen atoms in total. The summed E-state index contributed by atoms with van der Waals surface area (Å²) in [6.45, 7) is 1.21. The Morgan fingerprint density at radius 3 is 2.64 bits per heavy atom. The van der Waals surface area contributed by atoms with E-state index in [-0.39, 0.29) is 17.9 Å². The molecule has 3 aromatic heterocycles. The molecule has 0 bridgehead atoms. The van der Waals surface area contributed by atoms with Crippen molar-refractivity contribution in [3.8, 4) is 0 Å². The third kappa shape index (κ3) is 4.82. The summed E-state index contributed by atoms with van der Waals surface area (Å²) in [4.78, 5) is 31.7. The Kier molecular flexibility index (Phi) is 6.46. The molecule has 0 radical (unpaired) electrons. The number of thioether (sulfide) groups is 1. The maximum atomic E-state index is 13.2. The summed E-state index contributed by atoms with van der Waals surface area (Å²) in [6.07, 6.45) is 4.67. The second-order valence-electron chi connectivity index (χ2n) is 7.90. The number of pyridine rings is 1. The summed E-state index contributed by atoms with van der Waals surface area (Å²) in [5.41, 5.74) is 2.29. The number of nitrogens with one attached hydrogen (secondary N) is 1. The molecule has 1 N–H and O–H groups in total. The second kappa shape index (κ2) is 9.80. The number of fused-ring (bicyclic) bond motifs is 1. The van der Waals surface area contributed by atoms with Crippen molar-refractivity contribution in [3.05, 3.63) is 83.2 Å². The van der Waals surface area contributed by atoms with Gasteiger partial charge >= 0.3 is 0 Å². The van der Waals surface area contributed by atoms with E-state index in [1.54, 1.807) is 47.6 Å². The first-order valence-corrected chi connectivity index (χ1v) is 12.7. The van der Waals surface area contributed by atoms with E-state index in [9.17, 15) is 9.59 Å². The average molecular weight is 478 g/mol. The van der Waals surface area contributed by atoms with E-state index in [2.05, 4.69) is 21.7 Å². The van der Waals surface area contributed by atoms with Gasteiger partial charge in [0.1, 0.15) is 5.58 Å². The molecular formula is C25H23N3O3S2. The lowest BCUT2D eigenvalue weighted by Crippen LogP contribution is -2.46. The van der Waals surface area contributed by atoms with Crippen molar-refractivity contribution >= 4 is 45.9 Å². The van der Waals surface area contributed by atoms with Crippen LogP contribution in [0.1, 0.15) is 39.3 Å². The highest BCUT2D eigenvalue weighted by Gasteiger charge is 2.27. The molecule has 0 atom stereocenters. The molecule has 4 aromatic rings. The van der Waals surface area contributed by atoms with Crippen molar-refractivity contribution in [1.29, 1.82) is 0 Å². The van der Waals surface area contributed by atoms with Gasteiger partial charge in [0.25, 0.3) is 11.8 Å². The third-order valence-corrected chi connectivity index (χ3v) is 7.96. The number of benzene rings is 1. The highest BCUT2D eigenvalue weighted by atomic mass is 32.2. The predicted octanol–water partition coefficient (Wildman–Crippen LogP) is 5.22. The molecule has 1 saturated heterocycles. The van der Waals surface area contributed by atoms with Crippen LogP contribution in [0.3, 0.4) is 0 Å². The molecule has 168 valence electrons. The van der Waals surface area contributed by atoms with E-state index in [0.717, 1.165) is 16.5 Å². The zero-order chi connectivity index (χ0) is 22.6. The fourth-order valence-corrected chi connectivity index (χ4v) is 5.88. The minimum atomic E-state index is -0.188. The van der Waals surface area contributed by atoms with Crippen LogP contribution in [0.4, 0.5) is 0 Å². The molecule has 0 saturated carbocycles. The number of likely N-dealkylation sites (tertiary alicyclic amines) is 1. The van der Waals surface area contributed by atoms with Gasteiger partial charge < -0.3 is 14.6 Å². The van der Waals surface area contributed by atoms with Gasteiger partial charge in [0.15, 0.2) is 5.76 Å². The zero-order valence-corrected chi connectivity index (χ0v) is 19.5. The van der Waals surface area contributed by atoms with Gasteiger partial charge in [-0.05, 0) is 42.5 Å². The summed E-state index contributed by atoms with van der Waals surface area (Å²) >= 11 is 3.40. The van der Waals surface area contributed by atoms with Crippen LogP contribution in [-0.4, -0.2) is 40.8 Å². The normalized spacial score (nSPS) is 14.5. The Morgan fingerprint density at radius 2 is 1.88 bits per heavy atom. The zero-order valence-electron chi connectivity index (χ0n) is 17.9. The minimum absolute atomic E-state index is 0.00463. The largest absolute Gasteiger partial charge is 0.451 e. The first kappa shape index (κ1) is 21.7. The van der Waals surface area contributed by atoms with Crippen LogP contribution in [0.5, 0.6) is 0 Å². The number of piperidine rings is 1. The molecule has 1 aliphatic rings. The van der Waals surface area contributed by atoms with Crippen molar-refractivity contribution in [2.24, 2.45) is 0 Å². The van der Waals surface area contributed by atoms with Crippen LogP contribution in [0.15, 0.2) is 74.9 Å². The maximum Gasteiger partial charge on any atom is 0.287 e. The summed E-state index contributed by atoms with van der Waals surface area (Å²) in [5, 5.41) is 6.17. The van der Waals surface area contributed by atoms with E-state index in [1.165, 1.54) is 4.21 Å². The Morgan fingerprint density at radius 1 is 1.09 bits per heavy atom. The van der Waals surface area contributed by atoms with Crippen LogP contribution >= 0.6 is 23.1 Å². The molecule has 0 unspecified atom stereocenters. The first-order valence-electron chi connectivity index (χ1n) is 10.9. The fourth-order valence-electron chi connectivity index (χ4n) is 4.07. The van der Waals surface area contributed by atoms with E-state index in [1.807, 2.05) is 35.2 Å². The van der Waals surface area contributed by atoms with Crippen LogP contribution in [0, 0.1) is 0 Å². The Labute approximate surface area is 200 Å².